The highest BCUT2D eigenvalue weighted by Crippen LogP contribution is 2.35. The van der Waals surface area contributed by atoms with Crippen LogP contribution in [0.15, 0.2) is 60.9 Å². The highest BCUT2D eigenvalue weighted by Gasteiger charge is 2.37. The highest BCUT2D eigenvalue weighted by molar-refractivity contribution is 5.97. The zero-order chi connectivity index (χ0) is 21.0. The molecule has 2 heterocycles. The van der Waals surface area contributed by atoms with Gasteiger partial charge < -0.3 is 11.1 Å². The van der Waals surface area contributed by atoms with Gasteiger partial charge in [0.05, 0.1) is 23.0 Å². The van der Waals surface area contributed by atoms with E-state index in [9.17, 15) is 22.4 Å². The van der Waals surface area contributed by atoms with Crippen molar-refractivity contribution in [3.8, 4) is 0 Å². The number of nitrogen functional groups attached to an aromatic ring is 1. The van der Waals surface area contributed by atoms with Gasteiger partial charge in [0.25, 0.3) is 5.91 Å². The van der Waals surface area contributed by atoms with Crippen LogP contribution in [0.3, 0.4) is 0 Å². The minimum absolute atomic E-state index is 0.0774. The van der Waals surface area contributed by atoms with Gasteiger partial charge >= 0.3 is 6.18 Å². The van der Waals surface area contributed by atoms with E-state index in [0.717, 1.165) is 12.1 Å². The van der Waals surface area contributed by atoms with Crippen LogP contribution < -0.4 is 11.1 Å². The van der Waals surface area contributed by atoms with Crippen LogP contribution in [0.4, 0.5) is 23.2 Å². The van der Waals surface area contributed by atoms with E-state index in [4.69, 9.17) is 5.73 Å². The van der Waals surface area contributed by atoms with Gasteiger partial charge in [-0.15, -0.1) is 0 Å². The van der Waals surface area contributed by atoms with Crippen molar-refractivity contribution in [3.63, 3.8) is 0 Å². The summed E-state index contributed by atoms with van der Waals surface area (Å²) in [6.07, 6.45) is -2.14. The Bertz CT molecular complexity index is 1010. The van der Waals surface area contributed by atoms with E-state index in [-0.39, 0.29) is 11.4 Å². The molecule has 9 heteroatoms. The predicted molar refractivity (Wildman–Crippen MR) is 98.5 cm³/mol. The van der Waals surface area contributed by atoms with Crippen LogP contribution in [0, 0.1) is 0 Å². The maximum atomic E-state index is 13.5. The lowest BCUT2D eigenvalue weighted by atomic mass is 9.97. The molecule has 29 heavy (non-hydrogen) atoms. The summed E-state index contributed by atoms with van der Waals surface area (Å²) in [5.74, 6) is -0.763. The number of nitrogens with zero attached hydrogens (tertiary/aromatic N) is 2. The third-order valence-electron chi connectivity index (χ3n) is 4.21. The van der Waals surface area contributed by atoms with Crippen LogP contribution in [-0.4, -0.2) is 15.9 Å². The molecule has 0 radical (unpaired) electrons. The lowest BCUT2D eigenvalue weighted by Gasteiger charge is -2.22. The van der Waals surface area contributed by atoms with Crippen LogP contribution >= 0.6 is 0 Å². The van der Waals surface area contributed by atoms with Crippen molar-refractivity contribution in [1.29, 1.82) is 0 Å². The maximum Gasteiger partial charge on any atom is 0.418 e. The van der Waals surface area contributed by atoms with Gasteiger partial charge in [-0.1, -0.05) is 24.3 Å². The monoisotopic (exact) mass is 404 g/mol. The van der Waals surface area contributed by atoms with E-state index >= 15 is 0 Å². The fourth-order valence-corrected chi connectivity index (χ4v) is 2.80. The summed E-state index contributed by atoms with van der Waals surface area (Å²) < 4.78 is 53.4. The fourth-order valence-electron chi connectivity index (χ4n) is 2.80. The molecule has 0 saturated carbocycles. The van der Waals surface area contributed by atoms with Crippen LogP contribution in [0.5, 0.6) is 0 Å². The Morgan fingerprint density at radius 3 is 2.31 bits per heavy atom. The molecule has 0 aliphatic rings. The van der Waals surface area contributed by atoms with E-state index in [2.05, 4.69) is 15.3 Å². The topological polar surface area (TPSA) is 80.9 Å². The zero-order valence-corrected chi connectivity index (χ0v) is 14.9. The molecule has 0 aliphatic heterocycles. The molecule has 1 aromatic carbocycles. The molecule has 0 saturated heterocycles. The molecule has 0 aliphatic carbocycles. The van der Waals surface area contributed by atoms with Gasteiger partial charge in [0.1, 0.15) is 6.67 Å². The number of nitrogens with one attached hydrogen (secondary N) is 1. The van der Waals surface area contributed by atoms with Crippen molar-refractivity contribution >= 4 is 11.6 Å². The Morgan fingerprint density at radius 2 is 1.69 bits per heavy atom. The minimum Gasteiger partial charge on any atom is -0.397 e. The molecular formula is C20H16F4N4O. The number of aromatic nitrogens is 2. The summed E-state index contributed by atoms with van der Waals surface area (Å²) in [6.45, 7) is -0.723. The van der Waals surface area contributed by atoms with Crippen molar-refractivity contribution in [3.05, 3.63) is 89.0 Å². The normalized spacial score (nSPS) is 12.4. The summed E-state index contributed by atoms with van der Waals surface area (Å²) in [6, 6.07) is 9.51. The molecule has 0 unspecified atom stereocenters. The van der Waals surface area contributed by atoms with Gasteiger partial charge in [0.2, 0.25) is 0 Å². The molecule has 1 atom stereocenters. The first-order valence-electron chi connectivity index (χ1n) is 8.49. The zero-order valence-electron chi connectivity index (χ0n) is 14.9. The number of carbonyl (C=O) groups is 1. The first kappa shape index (κ1) is 20.2. The van der Waals surface area contributed by atoms with Crippen molar-refractivity contribution in [2.24, 2.45) is 0 Å². The third-order valence-corrected chi connectivity index (χ3v) is 4.21. The second-order valence-electron chi connectivity index (χ2n) is 6.16. The average molecular weight is 404 g/mol. The van der Waals surface area contributed by atoms with Crippen LogP contribution in [-0.2, 0) is 12.9 Å². The standard InChI is InChI=1S/C20H16F4N4O/c21-11-12-5-7-13(8-6-12)16(17-14(20(22,23)24)3-1-9-26-17)28-19(29)18-15(25)4-2-10-27-18/h1-10,16H,11,25H2,(H,28,29)/t16-/m0/s1. The van der Waals surface area contributed by atoms with Gasteiger partial charge in [0.15, 0.2) is 5.69 Å². The number of benzene rings is 1. The lowest BCUT2D eigenvalue weighted by Crippen LogP contribution is -2.32. The summed E-state index contributed by atoms with van der Waals surface area (Å²) in [7, 11) is 0. The highest BCUT2D eigenvalue weighted by atomic mass is 19.4. The van der Waals surface area contributed by atoms with Crippen LogP contribution in [0.2, 0.25) is 0 Å². The number of anilines is 1. The number of carbonyl (C=O) groups excluding carboxylic acids is 1. The molecule has 3 aromatic rings. The molecule has 3 rings (SSSR count). The second-order valence-corrected chi connectivity index (χ2v) is 6.16. The fraction of sp³-hybridized carbons (Fsp3) is 0.150. The summed E-state index contributed by atoms with van der Waals surface area (Å²) in [5.41, 5.74) is 4.97. The predicted octanol–water partition coefficient (Wildman–Crippen LogP) is 4.07. The summed E-state index contributed by atoms with van der Waals surface area (Å²) in [5, 5.41) is 2.52. The summed E-state index contributed by atoms with van der Waals surface area (Å²) in [4.78, 5) is 20.4. The van der Waals surface area contributed by atoms with Gasteiger partial charge in [-0.05, 0) is 35.4 Å². The molecule has 0 bridgehead atoms. The average Bonchev–Trinajstić information content (AvgIpc) is 2.72. The molecular weight excluding hydrogens is 388 g/mol. The van der Waals surface area contributed by atoms with Crippen molar-refractivity contribution < 1.29 is 22.4 Å². The SMILES string of the molecule is Nc1cccnc1C(=O)N[C@@H](c1ccc(CF)cc1)c1ncccc1C(F)(F)F. The van der Waals surface area contributed by atoms with Crippen molar-refractivity contribution in [2.45, 2.75) is 18.9 Å². The number of pyridine rings is 2. The Labute approximate surface area is 163 Å². The number of nitrogens with two attached hydrogens (primary N) is 1. The molecule has 150 valence electrons. The van der Waals surface area contributed by atoms with Gasteiger partial charge in [0, 0.05) is 12.4 Å². The van der Waals surface area contributed by atoms with E-state index < -0.39 is 36.1 Å². The lowest BCUT2D eigenvalue weighted by molar-refractivity contribution is -0.138. The molecule has 5 nitrogen and oxygen atoms in total. The molecule has 1 amide bonds. The number of hydrogen-bond acceptors (Lipinski definition) is 4. The summed E-state index contributed by atoms with van der Waals surface area (Å²) >= 11 is 0. The smallest absolute Gasteiger partial charge is 0.397 e. The van der Waals surface area contributed by atoms with Crippen LogP contribution in [0.1, 0.15) is 38.9 Å². The largest absolute Gasteiger partial charge is 0.418 e. The number of amides is 1. The number of halogens is 4. The molecule has 3 N–H and O–H groups in total. The van der Waals surface area contributed by atoms with Crippen molar-refractivity contribution in [2.75, 3.05) is 5.73 Å². The number of alkyl halides is 4. The second kappa shape index (κ2) is 8.26. The van der Waals surface area contributed by atoms with E-state index in [0.29, 0.717) is 11.1 Å². The Morgan fingerprint density at radius 1 is 1.03 bits per heavy atom. The maximum absolute atomic E-state index is 13.5. The Balaban J connectivity index is 2.08. The third kappa shape index (κ3) is 4.50. The van der Waals surface area contributed by atoms with Crippen LogP contribution in [0.25, 0.3) is 0 Å². The minimum atomic E-state index is -4.69. The van der Waals surface area contributed by atoms with E-state index in [1.165, 1.54) is 48.8 Å². The first-order valence-corrected chi connectivity index (χ1v) is 8.49. The number of rotatable bonds is 5. The van der Waals surface area contributed by atoms with Crippen molar-refractivity contribution in [1.82, 2.24) is 15.3 Å². The van der Waals surface area contributed by atoms with Gasteiger partial charge in [-0.25, -0.2) is 9.37 Å². The van der Waals surface area contributed by atoms with Gasteiger partial charge in [-0.2, -0.15) is 13.2 Å². The Kier molecular flexibility index (Phi) is 5.76. The molecule has 0 fully saturated rings. The molecule has 2 aromatic heterocycles. The van der Waals surface area contributed by atoms with E-state index in [1.54, 1.807) is 0 Å². The van der Waals surface area contributed by atoms with Gasteiger partial charge in [-0.3, -0.25) is 9.78 Å². The van der Waals surface area contributed by atoms with E-state index in [1.807, 2.05) is 0 Å². The quantitative estimate of drug-likeness (QED) is 0.629. The Hall–Kier alpha value is -3.49. The number of hydrogen-bond donors (Lipinski definition) is 2. The first-order chi connectivity index (χ1) is 13.8. The molecule has 0 spiro atoms.